The van der Waals surface area contributed by atoms with Crippen LogP contribution in [0.15, 0.2) is 207 Å². The van der Waals surface area contributed by atoms with Gasteiger partial charge in [-0.15, -0.1) is 12.3 Å². The molecule has 0 bridgehead atoms. The summed E-state index contributed by atoms with van der Waals surface area (Å²) in [5, 5.41) is 18.9. The molecule has 11 rings (SSSR count). The zero-order valence-electron chi connectivity index (χ0n) is 65.8. The standard InChI is InChI=1S/C30H32N2.C27H38N2.C12H13Cl.C6H4ClI.C6H8N2.C6H10.2C2H4O2.Pd/c1-29(2,3)27-18-21-12-7-9-16-25(21)31(27)23-14-11-15-24(20-23)32-26-17-10-8-13-22(26)19-28(32)30(4,5)6;1-18(2)22-11-9-12-23(19(3)4)26(22)28-15-16-29(17-28)27-24(20(5)6)13-10-14-25(27)21(7)8;1-12(2,3)9-8-10-6-4-5-7-11(10)13;7-5-3-1-2-4-6(5)8;7-5-2-1-3-6(8)4-5;1-5-6(2,3)4;2*1-2(3)4;/h7-20H,1-6H3;9-16,18-21H,17H2,1-8H3;4-7H,1-3H3;1-4H;1-4H,7-8H2;1H,2-4H3;2*1H3,(H,3,4);. The van der Waals surface area contributed by atoms with E-state index in [1.807, 2.05) is 75.4 Å². The van der Waals surface area contributed by atoms with Crippen LogP contribution in [-0.4, -0.2) is 38.0 Å². The van der Waals surface area contributed by atoms with Crippen LogP contribution < -0.4 is 21.3 Å². The fraction of sp³-hybridized carbons (Fsp3) is 0.341. The molecular formula is C91H113Cl2IN6O4Pd. The molecule has 10 aromatic rings. The summed E-state index contributed by atoms with van der Waals surface area (Å²) in [6.07, 6.45) is 9.60. The summed E-state index contributed by atoms with van der Waals surface area (Å²) in [7, 11) is 0. The van der Waals surface area contributed by atoms with E-state index in [2.05, 4.69) is 311 Å². The molecule has 1 aliphatic rings. The van der Waals surface area contributed by atoms with Gasteiger partial charge >= 0.3 is 0 Å². The molecule has 2 aromatic heterocycles. The maximum atomic E-state index is 9.00. The molecular weight excluding hydrogens is 1550 g/mol. The average molecular weight is 1660 g/mol. The monoisotopic (exact) mass is 1660 g/mol. The van der Waals surface area contributed by atoms with E-state index >= 15 is 0 Å². The molecule has 0 amide bonds. The Labute approximate surface area is 666 Å². The van der Waals surface area contributed by atoms with Crippen LogP contribution in [0.4, 0.5) is 22.7 Å². The number of para-hydroxylation sites is 4. The van der Waals surface area contributed by atoms with Crippen LogP contribution in [0.3, 0.4) is 0 Å². The molecule has 0 aliphatic carbocycles. The first kappa shape index (κ1) is 91.0. The van der Waals surface area contributed by atoms with Gasteiger partial charge in [-0.25, -0.2) is 0 Å². The van der Waals surface area contributed by atoms with Gasteiger partial charge in [-0.1, -0.05) is 241 Å². The minimum Gasteiger partial charge on any atom is -0.481 e. The van der Waals surface area contributed by atoms with Gasteiger partial charge in [-0.3, -0.25) is 9.59 Å². The van der Waals surface area contributed by atoms with Crippen molar-refractivity contribution in [3.63, 3.8) is 0 Å². The average Bonchev–Trinajstić information content (AvgIpc) is 1.80. The van der Waals surface area contributed by atoms with Crippen LogP contribution >= 0.6 is 45.8 Å². The summed E-state index contributed by atoms with van der Waals surface area (Å²) < 4.78 is 5.97. The number of benzene rings is 8. The number of aromatic nitrogens is 2. The fourth-order valence-electron chi connectivity index (χ4n) is 11.0. The van der Waals surface area contributed by atoms with E-state index < -0.39 is 11.9 Å². The van der Waals surface area contributed by atoms with Crippen molar-refractivity contribution in [2.75, 3.05) is 27.9 Å². The molecule has 105 heavy (non-hydrogen) atoms. The Kier molecular flexibility index (Phi) is 36.1. The molecule has 3 heterocycles. The van der Waals surface area contributed by atoms with Gasteiger partial charge < -0.3 is 40.6 Å². The van der Waals surface area contributed by atoms with E-state index in [1.54, 1.807) is 18.2 Å². The number of hydrogen-bond donors (Lipinski definition) is 4. The molecule has 0 saturated heterocycles. The van der Waals surface area contributed by atoms with Crippen molar-refractivity contribution in [2.24, 2.45) is 10.8 Å². The first-order valence-electron chi connectivity index (χ1n) is 35.4. The normalized spacial score (nSPS) is 11.6. The third-order valence-electron chi connectivity index (χ3n) is 15.9. The minimum atomic E-state index is -0.833. The topological polar surface area (TPSA) is 143 Å². The number of terminal acetylenes is 1. The van der Waals surface area contributed by atoms with Gasteiger partial charge in [0, 0.05) is 134 Å². The summed E-state index contributed by atoms with van der Waals surface area (Å²) in [5.74, 6) is 9.15. The number of hydrogen-bond acceptors (Lipinski definition) is 6. The van der Waals surface area contributed by atoms with Gasteiger partial charge in [-0.2, -0.15) is 0 Å². The molecule has 0 atom stereocenters. The smallest absolute Gasteiger partial charge is 0.300 e. The fourth-order valence-corrected chi connectivity index (χ4v) is 11.7. The number of anilines is 4. The second-order valence-electron chi connectivity index (χ2n) is 30.9. The summed E-state index contributed by atoms with van der Waals surface area (Å²) in [5.41, 5.74) is 29.3. The van der Waals surface area contributed by atoms with Crippen molar-refractivity contribution in [1.82, 2.24) is 9.13 Å². The van der Waals surface area contributed by atoms with Gasteiger partial charge in [0.2, 0.25) is 0 Å². The molecule has 0 fully saturated rings. The number of aliphatic carboxylic acids is 2. The Morgan fingerprint density at radius 3 is 1.09 bits per heavy atom. The third-order valence-corrected chi connectivity index (χ3v) is 17.8. The molecule has 6 N–H and O–H groups in total. The van der Waals surface area contributed by atoms with Gasteiger partial charge in [0.15, 0.2) is 0 Å². The Morgan fingerprint density at radius 1 is 0.467 bits per heavy atom. The predicted octanol–water partition coefficient (Wildman–Crippen LogP) is 25.5. The maximum absolute atomic E-state index is 9.00. The van der Waals surface area contributed by atoms with E-state index in [9.17, 15) is 0 Å². The Balaban J connectivity index is 0.000000352. The first-order chi connectivity index (χ1) is 48.5. The van der Waals surface area contributed by atoms with Crippen LogP contribution in [0.1, 0.15) is 215 Å². The van der Waals surface area contributed by atoms with Crippen molar-refractivity contribution in [3.05, 3.63) is 259 Å². The summed E-state index contributed by atoms with van der Waals surface area (Å²) >= 11 is 13.8. The van der Waals surface area contributed by atoms with E-state index in [0.29, 0.717) is 35.0 Å². The van der Waals surface area contributed by atoms with Crippen molar-refractivity contribution >= 4 is 102 Å². The molecule has 562 valence electrons. The number of nitrogens with zero attached hydrogens (tertiary/aromatic N) is 4. The Morgan fingerprint density at radius 2 is 0.790 bits per heavy atom. The Bertz CT molecular complexity index is 4290. The molecule has 0 saturated carbocycles. The quantitative estimate of drug-likeness (QED) is 0.0510. The number of halogens is 3. The summed E-state index contributed by atoms with van der Waals surface area (Å²) in [6, 6.07) is 67.2. The Hall–Kier alpha value is -8.19. The zero-order chi connectivity index (χ0) is 78.2. The SMILES string of the molecule is C#CC(C)(C)C.CC(=O)O.CC(=O)O.CC(C)(C)C#Cc1ccccc1Cl.CC(C)(C)c1cc2ccccc2n1-c1cccc(-n2c(C(C)(C)C)cc3ccccc32)c1.CC(C)c1cccc(C(C)C)c1N1C=CN(c2c(C(C)C)cccc2C(C)C)C1.Clc1ccccc1I.Nc1cccc(N)c1.[Pd]. The third kappa shape index (κ3) is 29.2. The van der Waals surface area contributed by atoms with Crippen LogP contribution in [-0.2, 0) is 40.8 Å². The number of nitrogen functional groups attached to an aromatic ring is 2. The molecule has 8 aromatic carbocycles. The van der Waals surface area contributed by atoms with Gasteiger partial charge in [0.1, 0.15) is 0 Å². The predicted molar refractivity (Wildman–Crippen MR) is 458 cm³/mol. The van der Waals surface area contributed by atoms with Crippen molar-refractivity contribution in [3.8, 4) is 35.6 Å². The van der Waals surface area contributed by atoms with E-state index in [1.165, 1.54) is 78.2 Å². The van der Waals surface area contributed by atoms with Crippen molar-refractivity contribution < 1.29 is 40.2 Å². The molecule has 0 spiro atoms. The van der Waals surface area contributed by atoms with Gasteiger partial charge in [0.05, 0.1) is 27.7 Å². The summed E-state index contributed by atoms with van der Waals surface area (Å²) in [4.78, 5) is 22.9. The number of carbonyl (C=O) groups is 2. The first-order valence-corrected chi connectivity index (χ1v) is 37.3. The minimum absolute atomic E-state index is 0. The van der Waals surface area contributed by atoms with Gasteiger partial charge in [-0.05, 0) is 195 Å². The number of carboxylic acid groups (broad SMARTS) is 2. The number of nitrogens with two attached hydrogens (primary N) is 2. The van der Waals surface area contributed by atoms with Crippen molar-refractivity contribution in [2.45, 2.75) is 187 Å². The van der Waals surface area contributed by atoms with Crippen LogP contribution in [0, 0.1) is 38.6 Å². The summed E-state index contributed by atoms with van der Waals surface area (Å²) in [6.45, 7) is 47.4. The maximum Gasteiger partial charge on any atom is 0.300 e. The zero-order valence-corrected chi connectivity index (χ0v) is 71.1. The van der Waals surface area contributed by atoms with Gasteiger partial charge in [0.25, 0.3) is 11.9 Å². The molecule has 0 radical (unpaired) electrons. The van der Waals surface area contributed by atoms with E-state index in [4.69, 9.17) is 60.9 Å². The second kappa shape index (κ2) is 41.6. The van der Waals surface area contributed by atoms with Crippen LogP contribution in [0.2, 0.25) is 10.0 Å². The van der Waals surface area contributed by atoms with Crippen LogP contribution in [0.25, 0.3) is 33.2 Å². The number of fused-ring (bicyclic) bond motifs is 2. The van der Waals surface area contributed by atoms with Crippen molar-refractivity contribution in [1.29, 1.82) is 0 Å². The molecule has 0 unspecified atom stereocenters. The molecule has 10 nitrogen and oxygen atoms in total. The number of carboxylic acids is 2. The molecule has 1 aliphatic heterocycles. The largest absolute Gasteiger partial charge is 0.481 e. The number of rotatable bonds is 8. The van der Waals surface area contributed by atoms with Crippen LogP contribution in [0.5, 0.6) is 0 Å². The van der Waals surface area contributed by atoms with E-state index in [-0.39, 0.29) is 42.1 Å². The van der Waals surface area contributed by atoms with E-state index in [0.717, 1.165) is 39.7 Å². The molecule has 14 heteroatoms. The second-order valence-corrected chi connectivity index (χ2v) is 32.9.